The lowest BCUT2D eigenvalue weighted by Gasteiger charge is -1.72. The van der Waals surface area contributed by atoms with E-state index in [1.807, 2.05) is 6.92 Å². The van der Waals surface area contributed by atoms with E-state index in [2.05, 4.69) is 6.58 Å². The molecule has 0 aromatic carbocycles. The quantitative estimate of drug-likeness (QED) is 0.368. The second-order valence-corrected chi connectivity index (χ2v) is 1.02. The van der Waals surface area contributed by atoms with Gasteiger partial charge in [0.2, 0.25) is 0 Å². The fourth-order valence-corrected chi connectivity index (χ4v) is 0. The van der Waals surface area contributed by atoms with Crippen molar-refractivity contribution in [3.63, 3.8) is 0 Å². The Balaban J connectivity index is 0. The standard InChI is InChI=1S/C3H6.C2H2O4/c1-3-2;3-1(4)2(5)6/h3H,1H2,2H3;(H,3,4)(H,5,6). The Hall–Kier alpha value is -1.32. The molecule has 4 nitrogen and oxygen atoms in total. The van der Waals surface area contributed by atoms with Crippen molar-refractivity contribution in [1.29, 1.82) is 0 Å². The van der Waals surface area contributed by atoms with Crippen LogP contribution in [0.3, 0.4) is 0 Å². The fraction of sp³-hybridized carbons (Fsp3) is 0.200. The van der Waals surface area contributed by atoms with Crippen molar-refractivity contribution in [3.05, 3.63) is 12.7 Å². The number of carboxylic acids is 2. The first kappa shape index (κ1) is 10.6. The van der Waals surface area contributed by atoms with E-state index in [9.17, 15) is 0 Å². The molecule has 0 aromatic rings. The monoisotopic (exact) mass is 132 g/mol. The summed E-state index contributed by atoms with van der Waals surface area (Å²) in [5, 5.41) is 14.8. The van der Waals surface area contributed by atoms with E-state index in [4.69, 9.17) is 19.8 Å². The summed E-state index contributed by atoms with van der Waals surface area (Å²) in [7, 11) is 0. The molecule has 2 N–H and O–H groups in total. The molecular formula is C5H8O4. The van der Waals surface area contributed by atoms with Gasteiger partial charge < -0.3 is 10.2 Å². The third-order valence-electron chi connectivity index (χ3n) is 0.183. The van der Waals surface area contributed by atoms with Gasteiger partial charge in [0.05, 0.1) is 0 Å². The van der Waals surface area contributed by atoms with Gasteiger partial charge >= 0.3 is 11.9 Å². The Labute approximate surface area is 52.4 Å². The molecule has 0 fully saturated rings. The molecule has 0 spiro atoms. The molecule has 0 unspecified atom stereocenters. The molecule has 0 atom stereocenters. The number of allylic oxidation sites excluding steroid dienone is 1. The molecule has 9 heavy (non-hydrogen) atoms. The molecule has 0 amide bonds. The summed E-state index contributed by atoms with van der Waals surface area (Å²) >= 11 is 0. The van der Waals surface area contributed by atoms with E-state index in [0.717, 1.165) is 0 Å². The van der Waals surface area contributed by atoms with E-state index in [1.165, 1.54) is 0 Å². The highest BCUT2D eigenvalue weighted by molar-refractivity contribution is 6.27. The number of carboxylic acid groups (broad SMARTS) is 2. The molecule has 0 aliphatic heterocycles. The summed E-state index contributed by atoms with van der Waals surface area (Å²) < 4.78 is 0. The third-order valence-corrected chi connectivity index (χ3v) is 0.183. The first-order valence-electron chi connectivity index (χ1n) is 2.09. The number of hydrogen-bond donors (Lipinski definition) is 2. The van der Waals surface area contributed by atoms with Crippen LogP contribution in [0.5, 0.6) is 0 Å². The average Bonchev–Trinajstić information content (AvgIpc) is 1.68. The lowest BCUT2D eigenvalue weighted by atomic mass is 10.7. The molecule has 0 aliphatic rings. The predicted octanol–water partition coefficient (Wildman–Crippen LogP) is 0.348. The zero-order valence-corrected chi connectivity index (χ0v) is 5.00. The third kappa shape index (κ3) is 20.4. The normalized spacial score (nSPS) is 6.33. The maximum Gasteiger partial charge on any atom is 0.414 e. The molecule has 0 heterocycles. The summed E-state index contributed by atoms with van der Waals surface area (Å²) in [5.74, 6) is -3.65. The molecule has 0 aliphatic carbocycles. The van der Waals surface area contributed by atoms with Crippen molar-refractivity contribution in [3.8, 4) is 0 Å². The van der Waals surface area contributed by atoms with Gasteiger partial charge in [-0.15, -0.1) is 6.58 Å². The Morgan fingerprint density at radius 2 is 1.44 bits per heavy atom. The van der Waals surface area contributed by atoms with Gasteiger partial charge in [-0.3, -0.25) is 0 Å². The summed E-state index contributed by atoms with van der Waals surface area (Å²) in [6, 6.07) is 0. The van der Waals surface area contributed by atoms with Crippen molar-refractivity contribution in [2.45, 2.75) is 6.92 Å². The highest BCUT2D eigenvalue weighted by Gasteiger charge is 2.04. The van der Waals surface area contributed by atoms with Crippen LogP contribution >= 0.6 is 0 Å². The molecule has 0 saturated heterocycles. The second-order valence-electron chi connectivity index (χ2n) is 1.02. The molecular weight excluding hydrogens is 124 g/mol. The van der Waals surface area contributed by atoms with Crippen LogP contribution in [0, 0.1) is 0 Å². The molecule has 0 saturated carbocycles. The van der Waals surface area contributed by atoms with Crippen LogP contribution in [0.1, 0.15) is 6.92 Å². The average molecular weight is 132 g/mol. The Morgan fingerprint density at radius 3 is 1.44 bits per heavy atom. The van der Waals surface area contributed by atoms with Crippen LogP contribution in [-0.4, -0.2) is 22.2 Å². The number of carbonyl (C=O) groups is 2. The van der Waals surface area contributed by atoms with E-state index >= 15 is 0 Å². The largest absolute Gasteiger partial charge is 0.473 e. The first-order valence-corrected chi connectivity index (χ1v) is 2.09. The van der Waals surface area contributed by atoms with Crippen molar-refractivity contribution >= 4 is 11.9 Å². The van der Waals surface area contributed by atoms with Gasteiger partial charge in [0.25, 0.3) is 0 Å². The lowest BCUT2D eigenvalue weighted by Crippen LogP contribution is -2.09. The Morgan fingerprint density at radius 1 is 1.33 bits per heavy atom. The summed E-state index contributed by atoms with van der Waals surface area (Å²) in [4.78, 5) is 18.2. The second kappa shape index (κ2) is 6.68. The lowest BCUT2D eigenvalue weighted by molar-refractivity contribution is -0.159. The number of hydrogen-bond acceptors (Lipinski definition) is 2. The summed E-state index contributed by atoms with van der Waals surface area (Å²) in [6.07, 6.45) is 1.75. The molecule has 52 valence electrons. The Kier molecular flexibility index (Phi) is 7.88. The van der Waals surface area contributed by atoms with Gasteiger partial charge in [-0.05, 0) is 6.92 Å². The minimum absolute atomic E-state index is 1.75. The number of rotatable bonds is 0. The zero-order chi connectivity index (χ0) is 7.86. The molecule has 4 heteroatoms. The Bertz CT molecular complexity index is 104. The van der Waals surface area contributed by atoms with E-state index in [-0.39, 0.29) is 0 Å². The van der Waals surface area contributed by atoms with E-state index in [0.29, 0.717) is 0 Å². The van der Waals surface area contributed by atoms with Crippen molar-refractivity contribution in [1.82, 2.24) is 0 Å². The van der Waals surface area contributed by atoms with Gasteiger partial charge in [-0.1, -0.05) is 6.08 Å². The van der Waals surface area contributed by atoms with Crippen LogP contribution in [0.15, 0.2) is 12.7 Å². The van der Waals surface area contributed by atoms with E-state index < -0.39 is 11.9 Å². The van der Waals surface area contributed by atoms with Gasteiger partial charge in [-0.25, -0.2) is 9.59 Å². The van der Waals surface area contributed by atoms with Crippen molar-refractivity contribution in [2.24, 2.45) is 0 Å². The van der Waals surface area contributed by atoms with Gasteiger partial charge in [0.1, 0.15) is 0 Å². The smallest absolute Gasteiger partial charge is 0.414 e. The maximum absolute atomic E-state index is 9.10. The zero-order valence-electron chi connectivity index (χ0n) is 5.00. The molecule has 0 aromatic heterocycles. The predicted molar refractivity (Wildman–Crippen MR) is 31.1 cm³/mol. The van der Waals surface area contributed by atoms with Gasteiger partial charge in [0.15, 0.2) is 0 Å². The highest BCUT2D eigenvalue weighted by atomic mass is 16.4. The van der Waals surface area contributed by atoms with Crippen LogP contribution in [-0.2, 0) is 9.59 Å². The summed E-state index contributed by atoms with van der Waals surface area (Å²) in [5.41, 5.74) is 0. The maximum atomic E-state index is 9.10. The van der Waals surface area contributed by atoms with Crippen molar-refractivity contribution < 1.29 is 19.8 Å². The van der Waals surface area contributed by atoms with Crippen molar-refractivity contribution in [2.75, 3.05) is 0 Å². The first-order chi connectivity index (χ1) is 4.06. The molecule has 0 radical (unpaired) electrons. The molecule has 0 bridgehead atoms. The van der Waals surface area contributed by atoms with Gasteiger partial charge in [-0.2, -0.15) is 0 Å². The summed E-state index contributed by atoms with van der Waals surface area (Å²) in [6.45, 7) is 5.25. The fourth-order valence-electron chi connectivity index (χ4n) is 0. The topological polar surface area (TPSA) is 74.6 Å². The van der Waals surface area contributed by atoms with Gasteiger partial charge in [0, 0.05) is 0 Å². The highest BCUT2D eigenvalue weighted by Crippen LogP contribution is 1.56. The van der Waals surface area contributed by atoms with Crippen LogP contribution in [0.2, 0.25) is 0 Å². The van der Waals surface area contributed by atoms with Crippen LogP contribution in [0.4, 0.5) is 0 Å². The SMILES string of the molecule is C=CC.O=C(O)C(=O)O. The van der Waals surface area contributed by atoms with E-state index in [1.54, 1.807) is 6.08 Å². The van der Waals surface area contributed by atoms with Crippen LogP contribution in [0.25, 0.3) is 0 Å². The minimum atomic E-state index is -1.82. The van der Waals surface area contributed by atoms with Crippen LogP contribution < -0.4 is 0 Å². The minimum Gasteiger partial charge on any atom is -0.473 e. The number of aliphatic carboxylic acids is 2. The molecule has 0 rings (SSSR count).